The normalized spacial score (nSPS) is 11.9. The summed E-state index contributed by atoms with van der Waals surface area (Å²) in [6, 6.07) is 5.88. The molecule has 0 aliphatic rings. The van der Waals surface area contributed by atoms with E-state index in [-0.39, 0.29) is 13.2 Å². The van der Waals surface area contributed by atoms with Crippen LogP contribution in [0.4, 0.5) is 0 Å². The van der Waals surface area contributed by atoms with E-state index in [2.05, 4.69) is 20.8 Å². The number of aliphatic hydroxyl groups excluding tert-OH is 2. The molecule has 2 N–H and O–H groups in total. The molecule has 0 aliphatic carbocycles. The lowest BCUT2D eigenvalue weighted by atomic mass is 9.92. The quantitative estimate of drug-likeness (QED) is 0.801. The van der Waals surface area contributed by atoms with Gasteiger partial charge < -0.3 is 19.8 Å². The molecule has 5 heteroatoms. The number of aliphatic hydroxyl groups is 2. The van der Waals surface area contributed by atoms with Crippen LogP contribution in [0.15, 0.2) is 22.7 Å². The number of rotatable bonds is 7. The Morgan fingerprint density at radius 3 is 2.47 bits per heavy atom. The number of methoxy groups -OCH3 is 1. The van der Waals surface area contributed by atoms with Gasteiger partial charge in [-0.2, -0.15) is 0 Å². The van der Waals surface area contributed by atoms with Crippen LogP contribution in [0.25, 0.3) is 0 Å². The van der Waals surface area contributed by atoms with Crippen LogP contribution >= 0.6 is 15.9 Å². The third-order valence-electron chi connectivity index (χ3n) is 3.10. The average Bonchev–Trinajstić information content (AvgIpc) is 2.38. The van der Waals surface area contributed by atoms with E-state index in [9.17, 15) is 10.2 Å². The zero-order valence-electron chi connectivity index (χ0n) is 11.7. The van der Waals surface area contributed by atoms with Gasteiger partial charge in [0.2, 0.25) is 0 Å². The van der Waals surface area contributed by atoms with Crippen molar-refractivity contribution in [2.75, 3.05) is 33.9 Å². The Morgan fingerprint density at radius 1 is 1.32 bits per heavy atom. The fourth-order valence-electron chi connectivity index (χ4n) is 2.02. The highest BCUT2D eigenvalue weighted by Crippen LogP contribution is 2.25. The molecule has 1 aromatic rings. The molecule has 0 atom stereocenters. The van der Waals surface area contributed by atoms with E-state index >= 15 is 0 Å². The minimum Gasteiger partial charge on any atom is -0.496 e. The molecule has 0 amide bonds. The van der Waals surface area contributed by atoms with Crippen molar-refractivity contribution in [3.63, 3.8) is 0 Å². The third-order valence-corrected chi connectivity index (χ3v) is 3.59. The summed E-state index contributed by atoms with van der Waals surface area (Å²) in [5.41, 5.74) is 0.575. The number of halogens is 1. The van der Waals surface area contributed by atoms with Crippen molar-refractivity contribution in [1.29, 1.82) is 0 Å². The first kappa shape index (κ1) is 16.4. The number of benzene rings is 1. The second kappa shape index (κ2) is 7.24. The molecular formula is C14H22BrNO3. The SMILES string of the molecule is COc1ccc(Br)cc1CN(C)CC(C)(CO)CO. The lowest BCUT2D eigenvalue weighted by Gasteiger charge is -2.30. The highest BCUT2D eigenvalue weighted by atomic mass is 79.9. The van der Waals surface area contributed by atoms with E-state index in [0.717, 1.165) is 15.8 Å². The van der Waals surface area contributed by atoms with Crippen LogP contribution in [-0.4, -0.2) is 49.0 Å². The Bertz CT molecular complexity index is 408. The van der Waals surface area contributed by atoms with Crippen molar-refractivity contribution in [3.05, 3.63) is 28.2 Å². The molecule has 1 rings (SSSR count). The summed E-state index contributed by atoms with van der Waals surface area (Å²) in [6.45, 7) is 3.09. The summed E-state index contributed by atoms with van der Waals surface area (Å²) in [5.74, 6) is 0.838. The van der Waals surface area contributed by atoms with E-state index in [1.807, 2.05) is 32.2 Å². The summed E-state index contributed by atoms with van der Waals surface area (Å²) in [6.07, 6.45) is 0. The monoisotopic (exact) mass is 331 g/mol. The average molecular weight is 332 g/mol. The minimum absolute atomic E-state index is 0.0382. The first-order chi connectivity index (χ1) is 8.94. The van der Waals surface area contributed by atoms with Crippen LogP contribution in [-0.2, 0) is 6.54 Å². The van der Waals surface area contributed by atoms with Crippen LogP contribution in [0.2, 0.25) is 0 Å². The zero-order valence-corrected chi connectivity index (χ0v) is 13.3. The van der Waals surface area contributed by atoms with Crippen molar-refractivity contribution in [1.82, 2.24) is 4.90 Å². The fourth-order valence-corrected chi connectivity index (χ4v) is 2.43. The van der Waals surface area contributed by atoms with E-state index in [1.54, 1.807) is 7.11 Å². The largest absolute Gasteiger partial charge is 0.496 e. The molecule has 4 nitrogen and oxygen atoms in total. The van der Waals surface area contributed by atoms with Gasteiger partial charge in [0.25, 0.3) is 0 Å². The van der Waals surface area contributed by atoms with E-state index < -0.39 is 5.41 Å². The summed E-state index contributed by atoms with van der Waals surface area (Å²) in [4.78, 5) is 2.07. The molecule has 19 heavy (non-hydrogen) atoms. The topological polar surface area (TPSA) is 52.9 Å². The number of ether oxygens (including phenoxy) is 1. The zero-order chi connectivity index (χ0) is 14.5. The first-order valence-corrected chi connectivity index (χ1v) is 6.96. The van der Waals surface area contributed by atoms with Gasteiger partial charge in [-0.15, -0.1) is 0 Å². The molecule has 0 unspecified atom stereocenters. The third kappa shape index (κ3) is 4.76. The van der Waals surface area contributed by atoms with E-state index in [1.165, 1.54) is 0 Å². The maximum atomic E-state index is 9.33. The van der Waals surface area contributed by atoms with Gasteiger partial charge in [0.1, 0.15) is 5.75 Å². The van der Waals surface area contributed by atoms with Crippen LogP contribution < -0.4 is 4.74 Å². The Labute approximate surface area is 123 Å². The van der Waals surface area contributed by atoms with Crippen LogP contribution in [0, 0.1) is 5.41 Å². The standard InChI is InChI=1S/C14H22BrNO3/c1-14(9-17,10-18)8-16(2)7-11-6-12(15)4-5-13(11)19-3/h4-6,17-18H,7-10H2,1-3H3. The Kier molecular flexibility index (Phi) is 6.26. The second-order valence-corrected chi connectivity index (χ2v) is 6.17. The molecule has 0 bridgehead atoms. The Morgan fingerprint density at radius 2 is 1.95 bits per heavy atom. The van der Waals surface area contributed by atoms with Gasteiger partial charge in [-0.05, 0) is 25.2 Å². The van der Waals surface area contributed by atoms with E-state index in [4.69, 9.17) is 4.74 Å². The van der Waals surface area contributed by atoms with Gasteiger partial charge in [-0.1, -0.05) is 22.9 Å². The van der Waals surface area contributed by atoms with Crippen molar-refractivity contribution >= 4 is 15.9 Å². The Hall–Kier alpha value is -0.620. The summed E-state index contributed by atoms with van der Waals surface area (Å²) < 4.78 is 6.34. The lowest BCUT2D eigenvalue weighted by Crippen LogP contribution is -2.38. The number of hydrogen-bond acceptors (Lipinski definition) is 4. The molecule has 0 saturated carbocycles. The highest BCUT2D eigenvalue weighted by Gasteiger charge is 2.24. The predicted octanol–water partition coefficient (Wildman–Crippen LogP) is 1.88. The van der Waals surface area contributed by atoms with Crippen molar-refractivity contribution in [2.45, 2.75) is 13.5 Å². The predicted molar refractivity (Wildman–Crippen MR) is 79.3 cm³/mol. The smallest absolute Gasteiger partial charge is 0.123 e. The molecule has 1 aromatic carbocycles. The maximum absolute atomic E-state index is 9.33. The van der Waals surface area contributed by atoms with Gasteiger partial charge in [-0.3, -0.25) is 0 Å². The van der Waals surface area contributed by atoms with Crippen molar-refractivity contribution in [2.24, 2.45) is 5.41 Å². The molecule has 0 heterocycles. The lowest BCUT2D eigenvalue weighted by molar-refractivity contribution is 0.0400. The van der Waals surface area contributed by atoms with Crippen molar-refractivity contribution in [3.8, 4) is 5.75 Å². The molecule has 0 spiro atoms. The van der Waals surface area contributed by atoms with Gasteiger partial charge in [0, 0.05) is 28.5 Å². The first-order valence-electron chi connectivity index (χ1n) is 6.17. The molecule has 108 valence electrons. The van der Waals surface area contributed by atoms with Crippen LogP contribution in [0.3, 0.4) is 0 Å². The molecule has 0 aliphatic heterocycles. The molecular weight excluding hydrogens is 310 g/mol. The van der Waals surface area contributed by atoms with Gasteiger partial charge in [0.15, 0.2) is 0 Å². The molecule has 0 saturated heterocycles. The van der Waals surface area contributed by atoms with Crippen molar-refractivity contribution < 1.29 is 14.9 Å². The molecule has 0 radical (unpaired) electrons. The number of nitrogens with zero attached hydrogens (tertiary/aromatic N) is 1. The Balaban J connectivity index is 2.76. The summed E-state index contributed by atoms with van der Waals surface area (Å²) >= 11 is 3.45. The fraction of sp³-hybridized carbons (Fsp3) is 0.571. The number of hydrogen-bond donors (Lipinski definition) is 2. The van der Waals surface area contributed by atoms with Crippen LogP contribution in [0.1, 0.15) is 12.5 Å². The van der Waals surface area contributed by atoms with Gasteiger partial charge in [-0.25, -0.2) is 0 Å². The highest BCUT2D eigenvalue weighted by molar-refractivity contribution is 9.10. The van der Waals surface area contributed by atoms with E-state index in [0.29, 0.717) is 13.1 Å². The molecule has 0 fully saturated rings. The van der Waals surface area contributed by atoms with Crippen LogP contribution in [0.5, 0.6) is 5.75 Å². The maximum Gasteiger partial charge on any atom is 0.123 e. The van der Waals surface area contributed by atoms with Gasteiger partial charge in [0.05, 0.1) is 20.3 Å². The summed E-state index contributed by atoms with van der Waals surface area (Å²) in [7, 11) is 3.61. The summed E-state index contributed by atoms with van der Waals surface area (Å²) in [5, 5.41) is 18.7. The van der Waals surface area contributed by atoms with Gasteiger partial charge >= 0.3 is 0 Å². The molecule has 0 aromatic heterocycles. The second-order valence-electron chi connectivity index (χ2n) is 5.26. The minimum atomic E-state index is -0.492.